The number of ether oxygens (including phenoxy) is 1. The zero-order valence-corrected chi connectivity index (χ0v) is 18.7. The minimum atomic E-state index is -0.289. The third-order valence-electron chi connectivity index (χ3n) is 5.32. The molecule has 1 aliphatic carbocycles. The standard InChI is InChI=1S/C20H31FN4O.HI/c1-22-20(23-10-7-15-3-4-15)24-17-8-11-25(12-9-17)14-16-5-6-19(26-2)18(21)13-16;/h5-6,13,15,17H,3-4,7-12,14H2,1-2H3,(H2,22,23,24);1H. The first-order chi connectivity index (χ1) is 12.7. The second-order valence-electron chi connectivity index (χ2n) is 7.39. The van der Waals surface area contributed by atoms with E-state index in [1.165, 1.54) is 26.4 Å². The van der Waals surface area contributed by atoms with E-state index in [4.69, 9.17) is 4.74 Å². The fourth-order valence-electron chi connectivity index (χ4n) is 3.49. The Bertz CT molecular complexity index is 616. The Balaban J connectivity index is 0.00000261. The molecule has 0 aromatic heterocycles. The van der Waals surface area contributed by atoms with E-state index in [-0.39, 0.29) is 29.8 Å². The predicted octanol–water partition coefficient (Wildman–Crippen LogP) is 3.38. The van der Waals surface area contributed by atoms with Crippen LogP contribution in [0.4, 0.5) is 4.39 Å². The summed E-state index contributed by atoms with van der Waals surface area (Å²) < 4.78 is 18.8. The van der Waals surface area contributed by atoms with Crippen LogP contribution in [0.1, 0.15) is 37.7 Å². The van der Waals surface area contributed by atoms with Crippen molar-refractivity contribution in [2.45, 2.75) is 44.7 Å². The average Bonchev–Trinajstić information content (AvgIpc) is 3.47. The molecule has 3 rings (SSSR count). The van der Waals surface area contributed by atoms with Gasteiger partial charge in [-0.15, -0.1) is 24.0 Å². The summed E-state index contributed by atoms with van der Waals surface area (Å²) in [5.74, 6) is 1.87. The maximum absolute atomic E-state index is 13.8. The fraction of sp³-hybridized carbons (Fsp3) is 0.650. The molecule has 1 saturated carbocycles. The lowest BCUT2D eigenvalue weighted by atomic mass is 10.0. The summed E-state index contributed by atoms with van der Waals surface area (Å²) in [5, 5.41) is 6.97. The number of benzene rings is 1. The molecule has 0 atom stereocenters. The highest BCUT2D eigenvalue weighted by molar-refractivity contribution is 14.0. The van der Waals surface area contributed by atoms with Gasteiger partial charge in [0, 0.05) is 39.3 Å². The number of hydrogen-bond donors (Lipinski definition) is 2. The highest BCUT2D eigenvalue weighted by Crippen LogP contribution is 2.31. The molecule has 1 aliphatic heterocycles. The van der Waals surface area contributed by atoms with Gasteiger partial charge < -0.3 is 15.4 Å². The van der Waals surface area contributed by atoms with E-state index in [1.54, 1.807) is 12.1 Å². The molecule has 1 heterocycles. The van der Waals surface area contributed by atoms with Crippen LogP contribution in [0.2, 0.25) is 0 Å². The zero-order valence-electron chi connectivity index (χ0n) is 16.3. The molecule has 2 fully saturated rings. The molecule has 0 bridgehead atoms. The number of guanidine groups is 1. The maximum Gasteiger partial charge on any atom is 0.191 e. The molecule has 27 heavy (non-hydrogen) atoms. The first kappa shape index (κ1) is 22.2. The van der Waals surface area contributed by atoms with Crippen LogP contribution in [0.3, 0.4) is 0 Å². The van der Waals surface area contributed by atoms with Gasteiger partial charge in [0.2, 0.25) is 0 Å². The largest absolute Gasteiger partial charge is 0.494 e. The lowest BCUT2D eigenvalue weighted by Crippen LogP contribution is -2.48. The van der Waals surface area contributed by atoms with Crippen LogP contribution >= 0.6 is 24.0 Å². The molecule has 5 nitrogen and oxygen atoms in total. The minimum Gasteiger partial charge on any atom is -0.494 e. The van der Waals surface area contributed by atoms with Crippen molar-refractivity contribution in [2.75, 3.05) is 33.8 Å². The monoisotopic (exact) mass is 490 g/mol. The summed E-state index contributed by atoms with van der Waals surface area (Å²) in [6.07, 6.45) is 6.18. The van der Waals surface area contributed by atoms with Crippen molar-refractivity contribution in [3.05, 3.63) is 29.6 Å². The van der Waals surface area contributed by atoms with Crippen molar-refractivity contribution in [2.24, 2.45) is 10.9 Å². The van der Waals surface area contributed by atoms with Crippen molar-refractivity contribution in [3.8, 4) is 5.75 Å². The van der Waals surface area contributed by atoms with E-state index in [9.17, 15) is 4.39 Å². The van der Waals surface area contributed by atoms with Gasteiger partial charge in [0.1, 0.15) is 0 Å². The smallest absolute Gasteiger partial charge is 0.191 e. The second kappa shape index (κ2) is 11.0. The van der Waals surface area contributed by atoms with Crippen LogP contribution in [0.5, 0.6) is 5.75 Å². The maximum atomic E-state index is 13.8. The zero-order chi connectivity index (χ0) is 18.4. The molecule has 0 amide bonds. The highest BCUT2D eigenvalue weighted by Gasteiger charge is 2.22. The van der Waals surface area contributed by atoms with Crippen molar-refractivity contribution >= 4 is 29.9 Å². The van der Waals surface area contributed by atoms with Crippen LogP contribution in [0.25, 0.3) is 0 Å². The third-order valence-corrected chi connectivity index (χ3v) is 5.32. The van der Waals surface area contributed by atoms with E-state index >= 15 is 0 Å². The van der Waals surface area contributed by atoms with Gasteiger partial charge in [0.05, 0.1) is 7.11 Å². The van der Waals surface area contributed by atoms with Gasteiger partial charge in [0.25, 0.3) is 0 Å². The molecule has 7 heteroatoms. The van der Waals surface area contributed by atoms with Crippen LogP contribution in [0, 0.1) is 11.7 Å². The molecule has 1 saturated heterocycles. The van der Waals surface area contributed by atoms with Gasteiger partial charge in [-0.25, -0.2) is 4.39 Å². The number of hydrogen-bond acceptors (Lipinski definition) is 3. The molecule has 1 aromatic carbocycles. The normalized spacial score (nSPS) is 18.7. The Morgan fingerprint density at radius 1 is 1.26 bits per heavy atom. The van der Waals surface area contributed by atoms with E-state index in [1.807, 2.05) is 13.1 Å². The Hall–Kier alpha value is -1.09. The number of piperidine rings is 1. The van der Waals surface area contributed by atoms with Gasteiger partial charge in [0.15, 0.2) is 17.5 Å². The number of nitrogens with zero attached hydrogens (tertiary/aromatic N) is 2. The summed E-state index contributed by atoms with van der Waals surface area (Å²) in [5.41, 5.74) is 0.993. The summed E-state index contributed by atoms with van der Waals surface area (Å²) in [4.78, 5) is 6.72. The average molecular weight is 490 g/mol. The summed E-state index contributed by atoms with van der Waals surface area (Å²) in [6, 6.07) is 5.68. The van der Waals surface area contributed by atoms with Crippen molar-refractivity contribution < 1.29 is 9.13 Å². The van der Waals surface area contributed by atoms with Crippen LogP contribution < -0.4 is 15.4 Å². The summed E-state index contributed by atoms with van der Waals surface area (Å²) >= 11 is 0. The van der Waals surface area contributed by atoms with Gasteiger partial charge >= 0.3 is 0 Å². The Labute approximate surface area is 179 Å². The molecule has 2 N–H and O–H groups in total. The number of rotatable bonds is 7. The number of halogens is 2. The molecule has 152 valence electrons. The van der Waals surface area contributed by atoms with Crippen molar-refractivity contribution in [3.63, 3.8) is 0 Å². The topological polar surface area (TPSA) is 48.9 Å². The SMILES string of the molecule is CN=C(NCCC1CC1)NC1CCN(Cc2ccc(OC)c(F)c2)CC1.I. The summed E-state index contributed by atoms with van der Waals surface area (Å²) in [6.45, 7) is 3.79. The molecule has 1 aromatic rings. The highest BCUT2D eigenvalue weighted by atomic mass is 127. The van der Waals surface area contributed by atoms with Crippen molar-refractivity contribution in [1.29, 1.82) is 0 Å². The molecule has 0 unspecified atom stereocenters. The molecule has 2 aliphatic rings. The van der Waals surface area contributed by atoms with E-state index in [0.29, 0.717) is 11.8 Å². The van der Waals surface area contributed by atoms with Crippen LogP contribution in [-0.2, 0) is 6.54 Å². The van der Waals surface area contributed by atoms with E-state index < -0.39 is 0 Å². The number of methoxy groups -OCH3 is 1. The molecular weight excluding hydrogens is 458 g/mol. The Morgan fingerprint density at radius 2 is 2.00 bits per heavy atom. The minimum absolute atomic E-state index is 0. The molecule has 0 radical (unpaired) electrons. The van der Waals surface area contributed by atoms with Gasteiger partial charge in [-0.2, -0.15) is 0 Å². The lowest BCUT2D eigenvalue weighted by molar-refractivity contribution is 0.198. The number of likely N-dealkylation sites (tertiary alicyclic amines) is 1. The fourth-order valence-corrected chi connectivity index (χ4v) is 3.49. The van der Waals surface area contributed by atoms with Gasteiger partial charge in [-0.05, 0) is 42.9 Å². The number of nitrogens with one attached hydrogen (secondary N) is 2. The quantitative estimate of drug-likeness (QED) is 0.350. The van der Waals surface area contributed by atoms with Crippen molar-refractivity contribution in [1.82, 2.24) is 15.5 Å². The van der Waals surface area contributed by atoms with E-state index in [2.05, 4.69) is 20.5 Å². The Kier molecular flexibility index (Phi) is 9.08. The lowest BCUT2D eigenvalue weighted by Gasteiger charge is -2.33. The third kappa shape index (κ3) is 7.10. The first-order valence-corrected chi connectivity index (χ1v) is 9.70. The van der Waals surface area contributed by atoms with Gasteiger partial charge in [-0.3, -0.25) is 9.89 Å². The summed E-state index contributed by atoms with van der Waals surface area (Å²) in [7, 11) is 3.32. The van der Waals surface area contributed by atoms with Crippen LogP contribution in [-0.4, -0.2) is 50.7 Å². The van der Waals surface area contributed by atoms with Gasteiger partial charge in [-0.1, -0.05) is 18.9 Å². The number of aliphatic imine (C=N–C) groups is 1. The predicted molar refractivity (Wildman–Crippen MR) is 119 cm³/mol. The Morgan fingerprint density at radius 3 is 2.59 bits per heavy atom. The second-order valence-corrected chi connectivity index (χ2v) is 7.39. The van der Waals surface area contributed by atoms with Crippen LogP contribution in [0.15, 0.2) is 23.2 Å². The molecule has 0 spiro atoms. The molecular formula is C20H32FIN4O. The van der Waals surface area contributed by atoms with E-state index in [0.717, 1.165) is 56.5 Å². The first-order valence-electron chi connectivity index (χ1n) is 9.70.